The van der Waals surface area contributed by atoms with Gasteiger partial charge in [-0.3, -0.25) is 4.90 Å². The van der Waals surface area contributed by atoms with Crippen LogP contribution in [0.3, 0.4) is 0 Å². The normalized spacial score (nSPS) is 16.1. The van der Waals surface area contributed by atoms with Crippen molar-refractivity contribution in [1.82, 2.24) is 4.90 Å². The highest BCUT2D eigenvalue weighted by molar-refractivity contribution is 4.89. The van der Waals surface area contributed by atoms with Gasteiger partial charge in [0.1, 0.15) is 0 Å². The quantitative estimate of drug-likeness (QED) is 0.755. The van der Waals surface area contributed by atoms with Crippen LogP contribution in [0.1, 0.15) is 48.0 Å². The minimum Gasteiger partial charge on any atom is -0.329 e. The highest BCUT2D eigenvalue weighted by atomic mass is 15.2. The number of rotatable bonds is 4. The molecule has 86 valence electrons. The molecule has 0 fully saturated rings. The fourth-order valence-electron chi connectivity index (χ4n) is 1.76. The molecule has 0 bridgehead atoms. The van der Waals surface area contributed by atoms with Crippen LogP contribution in [0.5, 0.6) is 0 Å². The van der Waals surface area contributed by atoms with E-state index in [9.17, 15) is 0 Å². The van der Waals surface area contributed by atoms with Crippen LogP contribution in [-0.2, 0) is 0 Å². The molecule has 0 radical (unpaired) electrons. The highest BCUT2D eigenvalue weighted by Gasteiger charge is 2.34. The molecule has 0 aromatic heterocycles. The monoisotopic (exact) mass is 200 g/mol. The Bertz CT molecular complexity index is 168. The van der Waals surface area contributed by atoms with Gasteiger partial charge in [-0.15, -0.1) is 0 Å². The maximum Gasteiger partial charge on any atom is 0.0269 e. The van der Waals surface area contributed by atoms with Crippen LogP contribution < -0.4 is 5.73 Å². The van der Waals surface area contributed by atoms with Crippen molar-refractivity contribution in [2.24, 2.45) is 11.1 Å². The molecule has 0 rings (SSSR count). The number of likely N-dealkylation sites (N-methyl/N-ethyl adjacent to an activating group) is 1. The van der Waals surface area contributed by atoms with Crippen LogP contribution in [0.2, 0.25) is 0 Å². The molecular formula is C12H28N2. The number of hydrogen-bond acceptors (Lipinski definition) is 2. The van der Waals surface area contributed by atoms with Gasteiger partial charge in [-0.1, -0.05) is 27.7 Å². The molecule has 0 amide bonds. The average molecular weight is 200 g/mol. The van der Waals surface area contributed by atoms with Crippen LogP contribution in [-0.4, -0.2) is 30.1 Å². The molecule has 1 atom stereocenters. The Labute approximate surface area is 89.9 Å². The van der Waals surface area contributed by atoms with E-state index in [0.29, 0.717) is 6.04 Å². The van der Waals surface area contributed by atoms with Gasteiger partial charge in [0.2, 0.25) is 0 Å². The Kier molecular flexibility index (Phi) is 4.60. The second-order valence-electron chi connectivity index (χ2n) is 5.89. The van der Waals surface area contributed by atoms with Gasteiger partial charge >= 0.3 is 0 Å². The lowest BCUT2D eigenvalue weighted by Crippen LogP contribution is -2.55. The highest BCUT2D eigenvalue weighted by Crippen LogP contribution is 2.29. The topological polar surface area (TPSA) is 29.3 Å². The fraction of sp³-hybridized carbons (Fsp3) is 1.00. The molecule has 2 nitrogen and oxygen atoms in total. The van der Waals surface area contributed by atoms with Gasteiger partial charge in [0.05, 0.1) is 0 Å². The minimum absolute atomic E-state index is 0.233. The second kappa shape index (κ2) is 4.63. The fourth-order valence-corrected chi connectivity index (χ4v) is 1.76. The van der Waals surface area contributed by atoms with E-state index < -0.39 is 0 Å². The van der Waals surface area contributed by atoms with Crippen molar-refractivity contribution in [2.45, 2.75) is 59.5 Å². The molecular weight excluding hydrogens is 172 g/mol. The molecule has 0 aliphatic heterocycles. The Balaban J connectivity index is 4.71. The lowest BCUT2D eigenvalue weighted by atomic mass is 9.83. The van der Waals surface area contributed by atoms with Gasteiger partial charge < -0.3 is 5.73 Å². The molecule has 0 saturated carbocycles. The zero-order valence-electron chi connectivity index (χ0n) is 11.0. The SMILES string of the molecule is CCC(C)(C)N(C)C(CN)C(C)(C)C. The third-order valence-corrected chi connectivity index (χ3v) is 3.51. The number of nitrogens with zero attached hydrogens (tertiary/aromatic N) is 1. The Morgan fingerprint density at radius 1 is 1.14 bits per heavy atom. The predicted molar refractivity (Wildman–Crippen MR) is 64.4 cm³/mol. The molecule has 0 aliphatic rings. The molecule has 0 spiro atoms. The summed E-state index contributed by atoms with van der Waals surface area (Å²) >= 11 is 0. The standard InChI is InChI=1S/C12H28N2/c1-8-12(5,6)14(7)10(9-13)11(2,3)4/h10H,8-9,13H2,1-7H3. The summed E-state index contributed by atoms with van der Waals surface area (Å²) in [7, 11) is 2.19. The van der Waals surface area contributed by atoms with E-state index in [2.05, 4.69) is 53.5 Å². The van der Waals surface area contributed by atoms with Crippen molar-refractivity contribution in [2.75, 3.05) is 13.6 Å². The smallest absolute Gasteiger partial charge is 0.0269 e. The molecule has 0 saturated heterocycles. The lowest BCUT2D eigenvalue weighted by molar-refractivity contribution is 0.0404. The van der Waals surface area contributed by atoms with Crippen molar-refractivity contribution < 1.29 is 0 Å². The van der Waals surface area contributed by atoms with E-state index in [0.717, 1.165) is 13.0 Å². The van der Waals surface area contributed by atoms with Crippen LogP contribution >= 0.6 is 0 Å². The van der Waals surface area contributed by atoms with Crippen molar-refractivity contribution >= 4 is 0 Å². The van der Waals surface area contributed by atoms with E-state index in [-0.39, 0.29) is 11.0 Å². The zero-order chi connectivity index (χ0) is 11.6. The minimum atomic E-state index is 0.233. The van der Waals surface area contributed by atoms with E-state index >= 15 is 0 Å². The Hall–Kier alpha value is -0.0800. The first-order valence-electron chi connectivity index (χ1n) is 5.59. The largest absolute Gasteiger partial charge is 0.329 e. The third-order valence-electron chi connectivity index (χ3n) is 3.51. The first kappa shape index (κ1) is 13.9. The van der Waals surface area contributed by atoms with Crippen LogP contribution in [0.4, 0.5) is 0 Å². The van der Waals surface area contributed by atoms with Crippen molar-refractivity contribution in [3.8, 4) is 0 Å². The second-order valence-corrected chi connectivity index (χ2v) is 5.89. The third kappa shape index (κ3) is 3.25. The molecule has 2 heteroatoms. The molecule has 0 heterocycles. The molecule has 0 aliphatic carbocycles. The van der Waals surface area contributed by atoms with Gasteiger partial charge in [-0.2, -0.15) is 0 Å². The van der Waals surface area contributed by atoms with E-state index in [1.165, 1.54) is 0 Å². The van der Waals surface area contributed by atoms with Crippen LogP contribution in [0.15, 0.2) is 0 Å². The summed E-state index contributed by atoms with van der Waals surface area (Å²) in [5, 5.41) is 0. The van der Waals surface area contributed by atoms with Gasteiger partial charge in [0, 0.05) is 18.1 Å². The number of hydrogen-bond donors (Lipinski definition) is 1. The average Bonchev–Trinajstić information content (AvgIpc) is 2.03. The number of nitrogens with two attached hydrogens (primary N) is 1. The van der Waals surface area contributed by atoms with Crippen molar-refractivity contribution in [3.05, 3.63) is 0 Å². The summed E-state index contributed by atoms with van der Waals surface area (Å²) in [5.74, 6) is 0. The first-order valence-corrected chi connectivity index (χ1v) is 5.59. The molecule has 2 N–H and O–H groups in total. The predicted octanol–water partition coefficient (Wildman–Crippen LogP) is 2.48. The molecule has 0 aromatic rings. The van der Waals surface area contributed by atoms with Crippen LogP contribution in [0.25, 0.3) is 0 Å². The van der Waals surface area contributed by atoms with Crippen LogP contribution in [0, 0.1) is 5.41 Å². The Morgan fingerprint density at radius 3 is 1.79 bits per heavy atom. The summed E-state index contributed by atoms with van der Waals surface area (Å²) in [6.07, 6.45) is 1.15. The van der Waals surface area contributed by atoms with Crippen molar-refractivity contribution in [1.29, 1.82) is 0 Å². The summed E-state index contributed by atoms with van der Waals surface area (Å²) in [6.45, 7) is 14.3. The van der Waals surface area contributed by atoms with E-state index in [1.54, 1.807) is 0 Å². The van der Waals surface area contributed by atoms with Gasteiger partial charge in [0.15, 0.2) is 0 Å². The van der Waals surface area contributed by atoms with Crippen molar-refractivity contribution in [3.63, 3.8) is 0 Å². The van der Waals surface area contributed by atoms with Gasteiger partial charge in [-0.25, -0.2) is 0 Å². The van der Waals surface area contributed by atoms with Gasteiger partial charge in [0.25, 0.3) is 0 Å². The zero-order valence-corrected chi connectivity index (χ0v) is 11.0. The summed E-state index contributed by atoms with van der Waals surface area (Å²) in [6, 6.07) is 0.442. The van der Waals surface area contributed by atoms with E-state index in [1.807, 2.05) is 0 Å². The maximum absolute atomic E-state index is 5.87. The lowest BCUT2D eigenvalue weighted by Gasteiger charge is -2.46. The van der Waals surface area contributed by atoms with E-state index in [4.69, 9.17) is 5.73 Å². The molecule has 14 heavy (non-hydrogen) atoms. The maximum atomic E-state index is 5.87. The summed E-state index contributed by atoms with van der Waals surface area (Å²) in [5.41, 5.74) is 6.35. The van der Waals surface area contributed by atoms with Gasteiger partial charge in [-0.05, 0) is 32.7 Å². The summed E-state index contributed by atoms with van der Waals surface area (Å²) < 4.78 is 0. The first-order chi connectivity index (χ1) is 6.16. The molecule has 1 unspecified atom stereocenters. The summed E-state index contributed by atoms with van der Waals surface area (Å²) in [4.78, 5) is 2.42. The molecule has 0 aromatic carbocycles. The Morgan fingerprint density at radius 2 is 1.57 bits per heavy atom.